The van der Waals surface area contributed by atoms with Gasteiger partial charge in [0, 0.05) is 12.2 Å². The van der Waals surface area contributed by atoms with Crippen LogP contribution in [0.15, 0.2) is 42.5 Å². The first-order chi connectivity index (χ1) is 9.83. The quantitative estimate of drug-likeness (QED) is 0.789. The summed E-state index contributed by atoms with van der Waals surface area (Å²) in [6.07, 6.45) is 1.07. The number of nitrogens with one attached hydrogen (secondary N) is 2. The maximum Gasteiger partial charge on any atom is 0.229 e. The number of hydrogen-bond acceptors (Lipinski definition) is 4. The lowest BCUT2D eigenvalue weighted by Crippen LogP contribution is -2.10. The lowest BCUT2D eigenvalue weighted by Gasteiger charge is -2.10. The average molecular weight is 327 g/mol. The molecule has 7 heteroatoms. The first kappa shape index (κ1) is 15.5. The van der Waals surface area contributed by atoms with Gasteiger partial charge in [-0.2, -0.15) is 0 Å². The molecular formula is C14H15ClN2O3S. The Morgan fingerprint density at radius 3 is 2.38 bits per heavy atom. The minimum Gasteiger partial charge on any atom is -0.508 e. The van der Waals surface area contributed by atoms with E-state index in [0.29, 0.717) is 17.3 Å². The van der Waals surface area contributed by atoms with Crippen molar-refractivity contribution >= 4 is 33.0 Å². The summed E-state index contributed by atoms with van der Waals surface area (Å²) in [7, 11) is -3.35. The van der Waals surface area contributed by atoms with E-state index in [4.69, 9.17) is 11.6 Å². The van der Waals surface area contributed by atoms with Crippen molar-refractivity contribution in [1.29, 1.82) is 0 Å². The summed E-state index contributed by atoms with van der Waals surface area (Å²) in [4.78, 5) is 0. The summed E-state index contributed by atoms with van der Waals surface area (Å²) in [6, 6.07) is 11.8. The molecule has 2 aromatic rings. The summed E-state index contributed by atoms with van der Waals surface area (Å²) in [5.74, 6) is 0.220. The fourth-order valence-corrected chi connectivity index (χ4v) is 2.59. The van der Waals surface area contributed by atoms with Crippen molar-refractivity contribution in [3.05, 3.63) is 53.1 Å². The van der Waals surface area contributed by atoms with E-state index < -0.39 is 10.0 Å². The molecule has 0 unspecified atom stereocenters. The fourth-order valence-electron chi connectivity index (χ4n) is 1.73. The van der Waals surface area contributed by atoms with E-state index in [1.165, 1.54) is 0 Å². The van der Waals surface area contributed by atoms with Crippen molar-refractivity contribution < 1.29 is 13.5 Å². The molecule has 5 nitrogen and oxygen atoms in total. The van der Waals surface area contributed by atoms with Crippen LogP contribution in [0.3, 0.4) is 0 Å². The normalized spacial score (nSPS) is 11.1. The van der Waals surface area contributed by atoms with E-state index in [0.717, 1.165) is 17.5 Å². The zero-order valence-electron chi connectivity index (χ0n) is 11.3. The summed E-state index contributed by atoms with van der Waals surface area (Å²) < 4.78 is 24.7. The van der Waals surface area contributed by atoms with E-state index in [2.05, 4.69) is 10.0 Å². The number of aromatic hydroxyl groups is 1. The second-order valence-corrected chi connectivity index (χ2v) is 6.74. The summed E-state index contributed by atoms with van der Waals surface area (Å²) >= 11 is 6.04. The first-order valence-electron chi connectivity index (χ1n) is 6.12. The topological polar surface area (TPSA) is 78.4 Å². The van der Waals surface area contributed by atoms with Crippen molar-refractivity contribution in [3.63, 3.8) is 0 Å². The van der Waals surface area contributed by atoms with Crippen molar-refractivity contribution in [3.8, 4) is 5.75 Å². The van der Waals surface area contributed by atoms with E-state index in [9.17, 15) is 13.5 Å². The molecule has 0 heterocycles. The number of phenols is 1. The van der Waals surface area contributed by atoms with Crippen LogP contribution in [-0.2, 0) is 16.6 Å². The predicted molar refractivity (Wildman–Crippen MR) is 85.4 cm³/mol. The molecule has 0 saturated carbocycles. The lowest BCUT2D eigenvalue weighted by molar-refractivity contribution is 0.475. The highest BCUT2D eigenvalue weighted by Gasteiger charge is 2.07. The molecule has 2 aromatic carbocycles. The first-order valence-corrected chi connectivity index (χ1v) is 8.39. The molecule has 3 N–H and O–H groups in total. The number of sulfonamides is 1. The van der Waals surface area contributed by atoms with Crippen LogP contribution in [0.5, 0.6) is 5.75 Å². The molecule has 112 valence electrons. The molecule has 0 amide bonds. The Bertz CT molecular complexity index is 730. The third-order valence-electron chi connectivity index (χ3n) is 2.70. The smallest absolute Gasteiger partial charge is 0.229 e. The van der Waals surface area contributed by atoms with Gasteiger partial charge in [-0.3, -0.25) is 4.72 Å². The summed E-state index contributed by atoms with van der Waals surface area (Å²) in [5, 5.41) is 12.7. The zero-order chi connectivity index (χ0) is 15.5. The van der Waals surface area contributed by atoms with E-state index in [1.807, 2.05) is 12.1 Å². The highest BCUT2D eigenvalue weighted by Crippen LogP contribution is 2.26. The van der Waals surface area contributed by atoms with Crippen molar-refractivity contribution in [2.75, 3.05) is 16.3 Å². The number of hydrogen-bond donors (Lipinski definition) is 3. The standard InChI is InChI=1S/C14H15ClN2O3S/c1-21(19,20)17-14-7-4-11(8-13(14)15)16-9-10-2-5-12(18)6-3-10/h2-8,16-18H,9H2,1H3. The molecule has 0 fully saturated rings. The molecule has 21 heavy (non-hydrogen) atoms. The number of rotatable bonds is 5. The Balaban J connectivity index is 2.05. The van der Waals surface area contributed by atoms with Gasteiger partial charge in [-0.15, -0.1) is 0 Å². The van der Waals surface area contributed by atoms with Gasteiger partial charge in [-0.1, -0.05) is 23.7 Å². The van der Waals surface area contributed by atoms with Crippen LogP contribution in [0.25, 0.3) is 0 Å². The minimum atomic E-state index is -3.35. The van der Waals surface area contributed by atoms with E-state index >= 15 is 0 Å². The molecular weight excluding hydrogens is 312 g/mol. The van der Waals surface area contributed by atoms with Gasteiger partial charge in [0.25, 0.3) is 0 Å². The Morgan fingerprint density at radius 2 is 1.81 bits per heavy atom. The number of phenolic OH excluding ortho intramolecular Hbond substituents is 1. The largest absolute Gasteiger partial charge is 0.508 e. The molecule has 0 atom stereocenters. The van der Waals surface area contributed by atoms with Gasteiger partial charge in [-0.05, 0) is 35.9 Å². The van der Waals surface area contributed by atoms with Gasteiger partial charge in [0.1, 0.15) is 5.75 Å². The molecule has 0 bridgehead atoms. The second-order valence-electron chi connectivity index (χ2n) is 4.59. The number of anilines is 2. The van der Waals surface area contributed by atoms with Crippen LogP contribution < -0.4 is 10.0 Å². The highest BCUT2D eigenvalue weighted by molar-refractivity contribution is 7.92. The number of halogens is 1. The summed E-state index contributed by atoms with van der Waals surface area (Å²) in [5.41, 5.74) is 2.11. The van der Waals surface area contributed by atoms with Gasteiger partial charge in [0.15, 0.2) is 0 Å². The van der Waals surface area contributed by atoms with Crippen LogP contribution in [-0.4, -0.2) is 19.8 Å². The molecule has 0 saturated heterocycles. The second kappa shape index (κ2) is 6.24. The van der Waals surface area contributed by atoms with Gasteiger partial charge in [0.05, 0.1) is 17.0 Å². The van der Waals surface area contributed by atoms with Crippen LogP contribution in [0, 0.1) is 0 Å². The van der Waals surface area contributed by atoms with Crippen LogP contribution in [0.4, 0.5) is 11.4 Å². The third kappa shape index (κ3) is 4.84. The Morgan fingerprint density at radius 1 is 1.14 bits per heavy atom. The Hall–Kier alpha value is -1.92. The average Bonchev–Trinajstić information content (AvgIpc) is 2.40. The molecule has 0 radical (unpaired) electrons. The monoisotopic (exact) mass is 326 g/mol. The van der Waals surface area contributed by atoms with E-state index in [1.54, 1.807) is 30.3 Å². The van der Waals surface area contributed by atoms with Gasteiger partial charge in [-0.25, -0.2) is 8.42 Å². The van der Waals surface area contributed by atoms with E-state index in [-0.39, 0.29) is 5.75 Å². The molecule has 0 aliphatic heterocycles. The molecule has 0 aliphatic carbocycles. The molecule has 0 spiro atoms. The highest BCUT2D eigenvalue weighted by atomic mass is 35.5. The van der Waals surface area contributed by atoms with Crippen LogP contribution in [0.1, 0.15) is 5.56 Å². The molecule has 0 aromatic heterocycles. The maximum absolute atomic E-state index is 11.2. The number of benzene rings is 2. The van der Waals surface area contributed by atoms with Gasteiger partial charge >= 0.3 is 0 Å². The van der Waals surface area contributed by atoms with Gasteiger partial charge < -0.3 is 10.4 Å². The van der Waals surface area contributed by atoms with Crippen LogP contribution in [0.2, 0.25) is 5.02 Å². The third-order valence-corrected chi connectivity index (χ3v) is 3.60. The predicted octanol–water partition coefficient (Wildman–Crippen LogP) is 3.03. The van der Waals surface area contributed by atoms with Gasteiger partial charge in [0.2, 0.25) is 10.0 Å². The fraction of sp³-hybridized carbons (Fsp3) is 0.143. The zero-order valence-corrected chi connectivity index (χ0v) is 12.9. The molecule has 0 aliphatic rings. The van der Waals surface area contributed by atoms with Crippen LogP contribution >= 0.6 is 11.6 Å². The SMILES string of the molecule is CS(=O)(=O)Nc1ccc(NCc2ccc(O)cc2)cc1Cl. The Labute approximate surface area is 128 Å². The lowest BCUT2D eigenvalue weighted by atomic mass is 10.2. The van der Waals surface area contributed by atoms with Crippen molar-refractivity contribution in [1.82, 2.24) is 0 Å². The minimum absolute atomic E-state index is 0.220. The Kier molecular flexibility index (Phi) is 4.59. The summed E-state index contributed by atoms with van der Waals surface area (Å²) in [6.45, 7) is 0.565. The molecule has 2 rings (SSSR count). The maximum atomic E-state index is 11.2. The van der Waals surface area contributed by atoms with Crippen molar-refractivity contribution in [2.24, 2.45) is 0 Å². The van der Waals surface area contributed by atoms with Crippen molar-refractivity contribution in [2.45, 2.75) is 6.54 Å².